The van der Waals surface area contributed by atoms with Gasteiger partial charge in [-0.2, -0.15) is 0 Å². The molecule has 0 spiro atoms. The SMILES string of the molecule is CC(OCCCC1CCCC1)C(C(=O)N(C)C1CC1)c1ccccc1. The van der Waals surface area contributed by atoms with Crippen molar-refractivity contribution in [2.45, 2.75) is 76.4 Å². The number of carbonyl (C=O) groups is 1. The molecule has 2 atom stereocenters. The van der Waals surface area contributed by atoms with Crippen LogP contribution >= 0.6 is 0 Å². The van der Waals surface area contributed by atoms with Gasteiger partial charge in [0, 0.05) is 19.7 Å². The van der Waals surface area contributed by atoms with Crippen LogP contribution in [0.15, 0.2) is 30.3 Å². The van der Waals surface area contributed by atoms with Crippen molar-refractivity contribution in [2.75, 3.05) is 13.7 Å². The average molecular weight is 344 g/mol. The summed E-state index contributed by atoms with van der Waals surface area (Å²) < 4.78 is 6.14. The van der Waals surface area contributed by atoms with Crippen LogP contribution in [-0.4, -0.2) is 36.6 Å². The van der Waals surface area contributed by atoms with Crippen LogP contribution < -0.4 is 0 Å². The number of likely N-dealkylation sites (N-methyl/N-ethyl adjacent to an activating group) is 1. The quantitative estimate of drug-likeness (QED) is 0.605. The molecule has 138 valence electrons. The molecule has 2 fully saturated rings. The van der Waals surface area contributed by atoms with Gasteiger partial charge in [0.1, 0.15) is 0 Å². The van der Waals surface area contributed by atoms with Crippen LogP contribution in [-0.2, 0) is 9.53 Å². The van der Waals surface area contributed by atoms with Crippen molar-refractivity contribution in [3.8, 4) is 0 Å². The lowest BCUT2D eigenvalue weighted by atomic mass is 9.92. The minimum atomic E-state index is -0.196. The highest BCUT2D eigenvalue weighted by Gasteiger charge is 2.36. The summed E-state index contributed by atoms with van der Waals surface area (Å²) in [7, 11) is 1.95. The number of benzene rings is 1. The van der Waals surface area contributed by atoms with Gasteiger partial charge >= 0.3 is 0 Å². The molecular formula is C22H33NO2. The molecule has 0 bridgehead atoms. The standard InChI is InChI=1S/C22H33NO2/c1-17(25-16-8-11-18-9-6-7-10-18)21(19-12-4-3-5-13-19)22(24)23(2)20-14-15-20/h3-5,12-13,17-18,20-21H,6-11,14-16H2,1-2H3. The van der Waals surface area contributed by atoms with Crippen LogP contribution in [0.25, 0.3) is 0 Å². The highest BCUT2D eigenvalue weighted by atomic mass is 16.5. The van der Waals surface area contributed by atoms with Gasteiger partial charge in [-0.1, -0.05) is 56.0 Å². The monoisotopic (exact) mass is 343 g/mol. The summed E-state index contributed by atoms with van der Waals surface area (Å²) in [5, 5.41) is 0. The molecule has 0 N–H and O–H groups in total. The second-order valence-corrected chi connectivity index (χ2v) is 7.94. The highest BCUT2D eigenvalue weighted by Crippen LogP contribution is 2.32. The zero-order valence-corrected chi connectivity index (χ0v) is 15.8. The molecule has 2 saturated carbocycles. The molecule has 0 radical (unpaired) electrons. The summed E-state index contributed by atoms with van der Waals surface area (Å²) in [5.41, 5.74) is 1.07. The van der Waals surface area contributed by atoms with Crippen molar-refractivity contribution in [3.05, 3.63) is 35.9 Å². The zero-order valence-electron chi connectivity index (χ0n) is 15.8. The summed E-state index contributed by atoms with van der Waals surface area (Å²) in [6, 6.07) is 10.6. The molecular weight excluding hydrogens is 310 g/mol. The van der Waals surface area contributed by atoms with E-state index in [9.17, 15) is 4.79 Å². The molecule has 3 nitrogen and oxygen atoms in total. The number of carbonyl (C=O) groups excluding carboxylic acids is 1. The van der Waals surface area contributed by atoms with E-state index in [-0.39, 0.29) is 17.9 Å². The van der Waals surface area contributed by atoms with Gasteiger partial charge in [-0.15, -0.1) is 0 Å². The molecule has 0 aromatic heterocycles. The molecule has 2 aliphatic carbocycles. The van der Waals surface area contributed by atoms with E-state index in [1.54, 1.807) is 0 Å². The lowest BCUT2D eigenvalue weighted by molar-refractivity contribution is -0.135. The third-order valence-corrected chi connectivity index (χ3v) is 5.95. The van der Waals surface area contributed by atoms with Gasteiger partial charge in [-0.05, 0) is 44.1 Å². The summed E-state index contributed by atoms with van der Waals surface area (Å²) in [5.74, 6) is 0.918. The van der Waals surface area contributed by atoms with Crippen molar-refractivity contribution in [3.63, 3.8) is 0 Å². The Kier molecular flexibility index (Phi) is 6.52. The van der Waals surface area contributed by atoms with Crippen molar-refractivity contribution >= 4 is 5.91 Å². The Hall–Kier alpha value is -1.35. The van der Waals surface area contributed by atoms with E-state index >= 15 is 0 Å². The van der Waals surface area contributed by atoms with Gasteiger partial charge in [0.05, 0.1) is 12.0 Å². The fourth-order valence-electron chi connectivity index (χ4n) is 4.17. The van der Waals surface area contributed by atoms with Gasteiger partial charge < -0.3 is 9.64 Å². The molecule has 0 saturated heterocycles. The zero-order chi connectivity index (χ0) is 17.6. The third-order valence-electron chi connectivity index (χ3n) is 5.95. The Bertz CT molecular complexity index is 534. The fraction of sp³-hybridized carbons (Fsp3) is 0.682. The fourth-order valence-corrected chi connectivity index (χ4v) is 4.17. The number of ether oxygens (including phenoxy) is 1. The van der Waals surface area contributed by atoms with Gasteiger partial charge in [0.2, 0.25) is 5.91 Å². The van der Waals surface area contributed by atoms with Crippen LogP contribution in [0.4, 0.5) is 0 Å². The van der Waals surface area contributed by atoms with E-state index in [4.69, 9.17) is 4.74 Å². The largest absolute Gasteiger partial charge is 0.377 e. The third kappa shape index (κ3) is 5.07. The first kappa shape index (κ1) is 18.4. The van der Waals surface area contributed by atoms with Crippen molar-refractivity contribution in [2.24, 2.45) is 5.92 Å². The normalized spacial score (nSPS) is 20.4. The molecule has 0 heterocycles. The van der Waals surface area contributed by atoms with E-state index in [2.05, 4.69) is 19.1 Å². The maximum atomic E-state index is 13.1. The Morgan fingerprint density at radius 3 is 2.48 bits per heavy atom. The Morgan fingerprint density at radius 1 is 1.16 bits per heavy atom. The lowest BCUT2D eigenvalue weighted by Gasteiger charge is -2.28. The second-order valence-electron chi connectivity index (χ2n) is 7.94. The van der Waals surface area contributed by atoms with Crippen LogP contribution in [0, 0.1) is 5.92 Å². The molecule has 0 aliphatic heterocycles. The molecule has 1 amide bonds. The number of amides is 1. The van der Waals surface area contributed by atoms with Crippen molar-refractivity contribution in [1.82, 2.24) is 4.90 Å². The first-order valence-corrected chi connectivity index (χ1v) is 10.1. The average Bonchev–Trinajstić information content (AvgIpc) is 3.35. The number of hydrogen-bond acceptors (Lipinski definition) is 2. The van der Waals surface area contributed by atoms with Gasteiger partial charge in [0.25, 0.3) is 0 Å². The summed E-state index contributed by atoms with van der Waals surface area (Å²) in [6.45, 7) is 2.83. The number of rotatable bonds is 9. The topological polar surface area (TPSA) is 29.5 Å². The Labute approximate surface area is 152 Å². The van der Waals surface area contributed by atoms with E-state index in [0.717, 1.165) is 37.4 Å². The summed E-state index contributed by atoms with van der Waals surface area (Å²) in [4.78, 5) is 15.0. The smallest absolute Gasteiger partial charge is 0.232 e. The van der Waals surface area contributed by atoms with E-state index < -0.39 is 0 Å². The predicted octanol–water partition coefficient (Wildman–Crippen LogP) is 4.77. The molecule has 1 aromatic rings. The molecule has 25 heavy (non-hydrogen) atoms. The highest BCUT2D eigenvalue weighted by molar-refractivity contribution is 5.84. The maximum Gasteiger partial charge on any atom is 0.232 e. The lowest BCUT2D eigenvalue weighted by Crippen LogP contribution is -2.38. The Balaban J connectivity index is 1.56. The van der Waals surface area contributed by atoms with Crippen LogP contribution in [0.1, 0.15) is 69.8 Å². The van der Waals surface area contributed by atoms with E-state index in [0.29, 0.717) is 6.04 Å². The molecule has 3 heteroatoms. The molecule has 3 rings (SSSR count). The molecule has 1 aromatic carbocycles. The molecule has 2 unspecified atom stereocenters. The van der Waals surface area contributed by atoms with Crippen LogP contribution in [0.5, 0.6) is 0 Å². The number of hydrogen-bond donors (Lipinski definition) is 0. The van der Waals surface area contributed by atoms with E-state index in [1.807, 2.05) is 30.1 Å². The predicted molar refractivity (Wildman–Crippen MR) is 102 cm³/mol. The minimum Gasteiger partial charge on any atom is -0.377 e. The van der Waals surface area contributed by atoms with E-state index in [1.165, 1.54) is 32.1 Å². The molecule has 2 aliphatic rings. The first-order valence-electron chi connectivity index (χ1n) is 10.1. The van der Waals surface area contributed by atoms with Crippen LogP contribution in [0.3, 0.4) is 0 Å². The summed E-state index contributed by atoms with van der Waals surface area (Å²) >= 11 is 0. The van der Waals surface area contributed by atoms with Gasteiger partial charge in [0.15, 0.2) is 0 Å². The second kappa shape index (κ2) is 8.84. The van der Waals surface area contributed by atoms with Gasteiger partial charge in [-0.3, -0.25) is 4.79 Å². The van der Waals surface area contributed by atoms with Gasteiger partial charge in [-0.25, -0.2) is 0 Å². The Morgan fingerprint density at radius 2 is 1.84 bits per heavy atom. The van der Waals surface area contributed by atoms with Crippen LogP contribution in [0.2, 0.25) is 0 Å². The summed E-state index contributed by atoms with van der Waals surface area (Å²) in [6.07, 6.45) is 10.2. The number of nitrogens with zero attached hydrogens (tertiary/aromatic N) is 1. The van der Waals surface area contributed by atoms with Crippen molar-refractivity contribution in [1.29, 1.82) is 0 Å². The minimum absolute atomic E-state index is 0.0836. The maximum absolute atomic E-state index is 13.1. The van der Waals surface area contributed by atoms with Crippen molar-refractivity contribution < 1.29 is 9.53 Å². The first-order chi connectivity index (χ1) is 12.2.